The van der Waals surface area contributed by atoms with Gasteiger partial charge in [-0.3, -0.25) is 9.59 Å². The minimum Gasteiger partial charge on any atom is -0.382 e. The van der Waals surface area contributed by atoms with Crippen molar-refractivity contribution in [1.29, 1.82) is 0 Å². The molecule has 0 radical (unpaired) electrons. The summed E-state index contributed by atoms with van der Waals surface area (Å²) in [5.41, 5.74) is 6.84. The predicted molar refractivity (Wildman–Crippen MR) is 85.1 cm³/mol. The number of nitrogens with one attached hydrogen (secondary N) is 2. The van der Waals surface area contributed by atoms with Crippen molar-refractivity contribution in [2.45, 2.75) is 13.8 Å². The summed E-state index contributed by atoms with van der Waals surface area (Å²) < 4.78 is 0. The molecule has 2 rings (SSSR count). The van der Waals surface area contributed by atoms with Crippen LogP contribution in [0.5, 0.6) is 0 Å². The van der Waals surface area contributed by atoms with Crippen molar-refractivity contribution in [3.63, 3.8) is 0 Å². The summed E-state index contributed by atoms with van der Waals surface area (Å²) in [5, 5.41) is 6.34. The third-order valence-corrected chi connectivity index (χ3v) is 3.74. The summed E-state index contributed by atoms with van der Waals surface area (Å²) in [6.45, 7) is 4.12. The minimum atomic E-state index is -0.338. The molecule has 0 atom stereocenters. The molecule has 4 N–H and O–H groups in total. The minimum absolute atomic E-state index is 0.0576. The van der Waals surface area contributed by atoms with E-state index in [9.17, 15) is 9.59 Å². The summed E-state index contributed by atoms with van der Waals surface area (Å²) in [6.07, 6.45) is 0. The highest BCUT2D eigenvalue weighted by Crippen LogP contribution is 2.25. The van der Waals surface area contributed by atoms with Crippen molar-refractivity contribution >= 4 is 39.7 Å². The van der Waals surface area contributed by atoms with Crippen LogP contribution in [0, 0.1) is 0 Å². The second kappa shape index (κ2) is 6.36. The van der Waals surface area contributed by atoms with E-state index >= 15 is 0 Å². The number of thiazole rings is 1. The van der Waals surface area contributed by atoms with Gasteiger partial charge in [-0.2, -0.15) is 0 Å². The third-order valence-electron chi connectivity index (χ3n) is 2.71. The van der Waals surface area contributed by atoms with Crippen LogP contribution in [-0.2, 0) is 0 Å². The lowest BCUT2D eigenvalue weighted by Crippen LogP contribution is -2.12. The average Bonchev–Trinajstić information content (AvgIpc) is 2.80. The van der Waals surface area contributed by atoms with Crippen molar-refractivity contribution in [2.24, 2.45) is 0 Å². The number of nitrogens with two attached hydrogens (primary N) is 1. The lowest BCUT2D eigenvalue weighted by Gasteiger charge is -2.05. The van der Waals surface area contributed by atoms with Crippen molar-refractivity contribution in [3.8, 4) is 0 Å². The van der Waals surface area contributed by atoms with E-state index in [1.165, 1.54) is 18.3 Å². The summed E-state index contributed by atoms with van der Waals surface area (Å²) in [6, 6.07) is 6.75. The summed E-state index contributed by atoms with van der Waals surface area (Å²) in [5.74, 6) is -0.205. The number of benzene rings is 1. The van der Waals surface area contributed by atoms with E-state index in [-0.39, 0.29) is 17.5 Å². The fraction of sp³-hybridized carbons (Fsp3) is 0.214. The number of hydrogen-bond donors (Lipinski definition) is 3. The molecule has 1 aromatic carbocycles. The second-order valence-corrected chi connectivity index (χ2v) is 5.35. The topological polar surface area (TPSA) is 97.1 Å². The van der Waals surface area contributed by atoms with Gasteiger partial charge in [0.25, 0.3) is 5.91 Å². The Balaban J connectivity index is 2.18. The van der Waals surface area contributed by atoms with Crippen LogP contribution in [0.25, 0.3) is 0 Å². The van der Waals surface area contributed by atoms with E-state index in [1.54, 1.807) is 24.3 Å². The second-order valence-electron chi connectivity index (χ2n) is 4.35. The van der Waals surface area contributed by atoms with Gasteiger partial charge < -0.3 is 16.4 Å². The smallest absolute Gasteiger partial charge is 0.269 e. The molecule has 21 heavy (non-hydrogen) atoms. The molecule has 0 fully saturated rings. The molecule has 0 spiro atoms. The molecule has 7 heteroatoms. The number of nitrogen functional groups attached to an aromatic ring is 1. The number of amides is 1. The Morgan fingerprint density at radius 1 is 1.38 bits per heavy atom. The molecule has 6 nitrogen and oxygen atoms in total. The number of anilines is 3. The summed E-state index contributed by atoms with van der Waals surface area (Å²) in [4.78, 5) is 28.0. The Labute approximate surface area is 126 Å². The van der Waals surface area contributed by atoms with Gasteiger partial charge in [-0.1, -0.05) is 23.5 Å². The number of carbonyl (C=O) groups is 2. The molecule has 0 aliphatic rings. The van der Waals surface area contributed by atoms with Gasteiger partial charge in [0, 0.05) is 17.8 Å². The van der Waals surface area contributed by atoms with Crippen LogP contribution in [0.15, 0.2) is 24.3 Å². The molecule has 0 aliphatic carbocycles. The van der Waals surface area contributed by atoms with Crippen molar-refractivity contribution < 1.29 is 9.59 Å². The SMILES string of the molecule is CCNc1nc(N)c(C(=O)Nc2cccc(C(C)=O)c2)s1. The van der Waals surface area contributed by atoms with Gasteiger partial charge >= 0.3 is 0 Å². The summed E-state index contributed by atoms with van der Waals surface area (Å²) in [7, 11) is 0. The number of Topliss-reactive ketones (excluding diaryl/α,β-unsaturated/α-hetero) is 1. The molecule has 110 valence electrons. The summed E-state index contributed by atoms with van der Waals surface area (Å²) >= 11 is 1.20. The zero-order valence-corrected chi connectivity index (χ0v) is 12.6. The molecular formula is C14H16N4O2S. The lowest BCUT2D eigenvalue weighted by molar-refractivity contribution is 0.101. The van der Waals surface area contributed by atoms with Gasteiger partial charge in [0.1, 0.15) is 10.7 Å². The molecular weight excluding hydrogens is 288 g/mol. The van der Waals surface area contributed by atoms with Crippen LogP contribution in [0.3, 0.4) is 0 Å². The Morgan fingerprint density at radius 3 is 2.81 bits per heavy atom. The molecule has 0 saturated heterocycles. The van der Waals surface area contributed by atoms with Gasteiger partial charge in [-0.05, 0) is 26.0 Å². The first-order valence-corrected chi connectivity index (χ1v) is 7.25. The number of ketones is 1. The quantitative estimate of drug-likeness (QED) is 0.738. The Kier molecular flexibility index (Phi) is 4.54. The average molecular weight is 304 g/mol. The monoisotopic (exact) mass is 304 g/mol. The van der Waals surface area contributed by atoms with Crippen LogP contribution in [0.4, 0.5) is 16.6 Å². The first-order chi connectivity index (χ1) is 10.0. The molecule has 1 aromatic heterocycles. The van der Waals surface area contributed by atoms with Crippen molar-refractivity contribution in [2.75, 3.05) is 22.9 Å². The maximum atomic E-state index is 12.2. The van der Waals surface area contributed by atoms with Crippen molar-refractivity contribution in [3.05, 3.63) is 34.7 Å². The molecule has 0 unspecified atom stereocenters. The van der Waals surface area contributed by atoms with Gasteiger partial charge in [-0.25, -0.2) is 4.98 Å². The van der Waals surface area contributed by atoms with E-state index in [4.69, 9.17) is 5.73 Å². The maximum absolute atomic E-state index is 12.2. The van der Waals surface area contributed by atoms with Crippen LogP contribution < -0.4 is 16.4 Å². The molecule has 0 aliphatic heterocycles. The zero-order chi connectivity index (χ0) is 15.4. The fourth-order valence-electron chi connectivity index (χ4n) is 1.73. The number of nitrogens with zero attached hydrogens (tertiary/aromatic N) is 1. The molecule has 2 aromatic rings. The van der Waals surface area contributed by atoms with Crippen LogP contribution in [0.2, 0.25) is 0 Å². The van der Waals surface area contributed by atoms with Crippen LogP contribution in [-0.4, -0.2) is 23.2 Å². The number of hydrogen-bond acceptors (Lipinski definition) is 6. The van der Waals surface area contributed by atoms with Crippen molar-refractivity contribution in [1.82, 2.24) is 4.98 Å². The largest absolute Gasteiger partial charge is 0.382 e. The third kappa shape index (κ3) is 3.57. The van der Waals surface area contributed by atoms with Gasteiger partial charge in [0.2, 0.25) is 0 Å². The van der Waals surface area contributed by atoms with E-state index in [0.29, 0.717) is 27.8 Å². The maximum Gasteiger partial charge on any atom is 0.269 e. The van der Waals surface area contributed by atoms with Gasteiger partial charge in [0.15, 0.2) is 10.9 Å². The zero-order valence-electron chi connectivity index (χ0n) is 11.8. The standard InChI is InChI=1S/C14H16N4O2S/c1-3-16-14-18-12(15)11(21-14)13(20)17-10-6-4-5-9(7-10)8(2)19/h4-7H,3,15H2,1-2H3,(H,16,18)(H,17,20). The first-order valence-electron chi connectivity index (χ1n) is 6.43. The fourth-order valence-corrected chi connectivity index (χ4v) is 2.57. The predicted octanol–water partition coefficient (Wildman–Crippen LogP) is 2.61. The van der Waals surface area contributed by atoms with Crippen LogP contribution in [0.1, 0.15) is 33.9 Å². The Bertz CT molecular complexity index is 681. The number of aromatic nitrogens is 1. The lowest BCUT2D eigenvalue weighted by atomic mass is 10.1. The highest BCUT2D eigenvalue weighted by atomic mass is 32.1. The molecule has 0 bridgehead atoms. The van der Waals surface area contributed by atoms with E-state index in [2.05, 4.69) is 15.6 Å². The first kappa shape index (κ1) is 15.0. The Hall–Kier alpha value is -2.41. The van der Waals surface area contributed by atoms with E-state index in [1.807, 2.05) is 6.92 Å². The van der Waals surface area contributed by atoms with Gasteiger partial charge in [0.05, 0.1) is 0 Å². The van der Waals surface area contributed by atoms with Gasteiger partial charge in [-0.15, -0.1) is 0 Å². The van der Waals surface area contributed by atoms with E-state index < -0.39 is 0 Å². The highest BCUT2D eigenvalue weighted by Gasteiger charge is 2.16. The van der Waals surface area contributed by atoms with E-state index in [0.717, 1.165) is 0 Å². The van der Waals surface area contributed by atoms with Crippen LogP contribution >= 0.6 is 11.3 Å². The highest BCUT2D eigenvalue weighted by molar-refractivity contribution is 7.18. The Morgan fingerprint density at radius 2 is 2.14 bits per heavy atom. The molecule has 1 heterocycles. The molecule has 0 saturated carbocycles. The number of rotatable bonds is 5. The number of carbonyl (C=O) groups excluding carboxylic acids is 2. The molecule has 1 amide bonds. The normalized spacial score (nSPS) is 10.2.